The topological polar surface area (TPSA) is 38.3 Å². The molecule has 0 fully saturated rings. The second-order valence-electron chi connectivity index (χ2n) is 4.89. The maximum Gasteiger partial charge on any atom is 0.252 e. The van der Waals surface area contributed by atoms with Crippen LogP contribution in [0.2, 0.25) is 5.02 Å². The zero-order chi connectivity index (χ0) is 14.8. The molecule has 1 heterocycles. The summed E-state index contributed by atoms with van der Waals surface area (Å²) in [5.41, 5.74) is 1.26. The van der Waals surface area contributed by atoms with Crippen molar-refractivity contribution in [3.05, 3.63) is 64.4 Å². The molecule has 0 bridgehead atoms. The molecular formula is C16H13ClFNO2. The molecule has 2 aromatic rings. The average molecular weight is 306 g/mol. The molecule has 1 amide bonds. The maximum atomic E-state index is 13.1. The van der Waals surface area contributed by atoms with E-state index < -0.39 is 0 Å². The fraction of sp³-hybridized carbons (Fsp3) is 0.188. The first-order valence-electron chi connectivity index (χ1n) is 6.61. The van der Waals surface area contributed by atoms with Crippen molar-refractivity contribution < 1.29 is 13.9 Å². The molecule has 1 atom stereocenters. The normalized spacial score (nSPS) is 16.2. The summed E-state index contributed by atoms with van der Waals surface area (Å²) >= 11 is 5.97. The minimum absolute atomic E-state index is 0.187. The number of hydrogen-bond acceptors (Lipinski definition) is 2. The Balaban J connectivity index is 1.60. The van der Waals surface area contributed by atoms with E-state index in [9.17, 15) is 9.18 Å². The van der Waals surface area contributed by atoms with Crippen LogP contribution in [0.1, 0.15) is 15.9 Å². The lowest BCUT2D eigenvalue weighted by Crippen LogP contribution is -2.34. The van der Waals surface area contributed by atoms with Crippen LogP contribution in [0.3, 0.4) is 0 Å². The standard InChI is InChI=1S/C16H13ClFNO2/c17-14-4-2-1-3-13(14)16(20)19-9-12-8-10-7-11(18)5-6-15(10)21-12/h1-7,12H,8-9H2,(H,19,20)/t12-/m1/s1. The van der Waals surface area contributed by atoms with Crippen molar-refractivity contribution in [2.75, 3.05) is 6.54 Å². The smallest absolute Gasteiger partial charge is 0.252 e. The molecule has 0 unspecified atom stereocenters. The molecule has 0 saturated carbocycles. The monoisotopic (exact) mass is 305 g/mol. The second-order valence-corrected chi connectivity index (χ2v) is 5.29. The minimum atomic E-state index is -0.280. The van der Waals surface area contributed by atoms with E-state index in [1.807, 2.05) is 0 Å². The van der Waals surface area contributed by atoms with Crippen molar-refractivity contribution in [3.8, 4) is 5.75 Å². The summed E-state index contributed by atoms with van der Waals surface area (Å²) in [5, 5.41) is 3.20. The van der Waals surface area contributed by atoms with Crippen molar-refractivity contribution >= 4 is 17.5 Å². The van der Waals surface area contributed by atoms with Crippen molar-refractivity contribution in [1.29, 1.82) is 0 Å². The summed E-state index contributed by atoms with van der Waals surface area (Å²) < 4.78 is 18.8. The number of hydrogen-bond donors (Lipinski definition) is 1. The van der Waals surface area contributed by atoms with Crippen LogP contribution in [0.15, 0.2) is 42.5 Å². The van der Waals surface area contributed by atoms with Crippen LogP contribution < -0.4 is 10.1 Å². The quantitative estimate of drug-likeness (QED) is 0.945. The Morgan fingerprint density at radius 2 is 2.14 bits per heavy atom. The third-order valence-corrected chi connectivity index (χ3v) is 3.70. The molecule has 5 heteroatoms. The van der Waals surface area contributed by atoms with Gasteiger partial charge in [0.2, 0.25) is 0 Å². The van der Waals surface area contributed by atoms with Crippen molar-refractivity contribution in [2.45, 2.75) is 12.5 Å². The molecule has 1 aliphatic heterocycles. The van der Waals surface area contributed by atoms with E-state index in [1.165, 1.54) is 12.1 Å². The van der Waals surface area contributed by atoms with Gasteiger partial charge in [-0.2, -0.15) is 0 Å². The lowest BCUT2D eigenvalue weighted by atomic mass is 10.1. The molecule has 0 aliphatic carbocycles. The summed E-state index contributed by atoms with van der Waals surface area (Å²) in [6.45, 7) is 0.348. The highest BCUT2D eigenvalue weighted by atomic mass is 35.5. The van der Waals surface area contributed by atoms with Crippen LogP contribution in [-0.2, 0) is 6.42 Å². The number of carbonyl (C=O) groups excluding carboxylic acids is 1. The average Bonchev–Trinajstić information content (AvgIpc) is 2.87. The van der Waals surface area contributed by atoms with E-state index >= 15 is 0 Å². The first-order chi connectivity index (χ1) is 10.1. The third kappa shape index (κ3) is 3.00. The Hall–Kier alpha value is -2.07. The van der Waals surface area contributed by atoms with E-state index in [0.717, 1.165) is 5.56 Å². The molecule has 2 aromatic carbocycles. The molecule has 1 N–H and O–H groups in total. The number of rotatable bonds is 3. The fourth-order valence-electron chi connectivity index (χ4n) is 2.35. The van der Waals surface area contributed by atoms with E-state index in [2.05, 4.69) is 5.32 Å². The third-order valence-electron chi connectivity index (χ3n) is 3.37. The first kappa shape index (κ1) is 13.9. The van der Waals surface area contributed by atoms with Gasteiger partial charge in [0.1, 0.15) is 17.7 Å². The van der Waals surface area contributed by atoms with Gasteiger partial charge in [0.15, 0.2) is 0 Å². The van der Waals surface area contributed by atoms with Gasteiger partial charge in [0, 0.05) is 12.0 Å². The lowest BCUT2D eigenvalue weighted by molar-refractivity contribution is 0.0933. The highest BCUT2D eigenvalue weighted by Crippen LogP contribution is 2.29. The number of nitrogens with one attached hydrogen (secondary N) is 1. The van der Waals surface area contributed by atoms with Gasteiger partial charge in [0.25, 0.3) is 5.91 Å². The van der Waals surface area contributed by atoms with E-state index in [-0.39, 0.29) is 17.8 Å². The molecule has 0 saturated heterocycles. The molecule has 0 aromatic heterocycles. The van der Waals surface area contributed by atoms with Gasteiger partial charge in [0.05, 0.1) is 17.1 Å². The lowest BCUT2D eigenvalue weighted by Gasteiger charge is -2.12. The zero-order valence-electron chi connectivity index (χ0n) is 11.1. The Morgan fingerprint density at radius 1 is 1.33 bits per heavy atom. The van der Waals surface area contributed by atoms with Gasteiger partial charge in [-0.3, -0.25) is 4.79 Å². The van der Waals surface area contributed by atoms with E-state index in [0.29, 0.717) is 29.3 Å². The first-order valence-corrected chi connectivity index (χ1v) is 6.99. The number of carbonyl (C=O) groups is 1. The SMILES string of the molecule is O=C(NC[C@H]1Cc2cc(F)ccc2O1)c1ccccc1Cl. The summed E-state index contributed by atoms with van der Waals surface area (Å²) in [6.07, 6.45) is 0.392. The molecule has 108 valence electrons. The molecule has 3 rings (SSSR count). The molecule has 0 radical (unpaired) electrons. The molecular weight excluding hydrogens is 293 g/mol. The predicted octanol–water partition coefficient (Wildman–Crippen LogP) is 3.21. The number of benzene rings is 2. The highest BCUT2D eigenvalue weighted by molar-refractivity contribution is 6.33. The van der Waals surface area contributed by atoms with Crippen LogP contribution in [0.25, 0.3) is 0 Å². The van der Waals surface area contributed by atoms with E-state index in [4.69, 9.17) is 16.3 Å². The van der Waals surface area contributed by atoms with Crippen LogP contribution >= 0.6 is 11.6 Å². The van der Waals surface area contributed by atoms with Crippen molar-refractivity contribution in [2.24, 2.45) is 0 Å². The number of ether oxygens (including phenoxy) is 1. The van der Waals surface area contributed by atoms with Gasteiger partial charge in [-0.05, 0) is 30.3 Å². The van der Waals surface area contributed by atoms with Gasteiger partial charge in [-0.25, -0.2) is 4.39 Å². The Labute approximate surface area is 126 Å². The van der Waals surface area contributed by atoms with Crippen molar-refractivity contribution in [1.82, 2.24) is 5.32 Å². The van der Waals surface area contributed by atoms with Gasteiger partial charge in [-0.15, -0.1) is 0 Å². The molecule has 0 spiro atoms. The fourth-order valence-corrected chi connectivity index (χ4v) is 2.57. The number of halogens is 2. The second kappa shape index (κ2) is 5.74. The Kier molecular flexibility index (Phi) is 3.80. The van der Waals surface area contributed by atoms with Crippen LogP contribution in [0.5, 0.6) is 5.75 Å². The van der Waals surface area contributed by atoms with Gasteiger partial charge in [-0.1, -0.05) is 23.7 Å². The summed E-state index contributed by atoms with van der Waals surface area (Å²) in [6, 6.07) is 11.3. The predicted molar refractivity (Wildman–Crippen MR) is 78.3 cm³/mol. The van der Waals surface area contributed by atoms with Crippen molar-refractivity contribution in [3.63, 3.8) is 0 Å². The Morgan fingerprint density at radius 3 is 2.95 bits per heavy atom. The zero-order valence-corrected chi connectivity index (χ0v) is 11.9. The maximum absolute atomic E-state index is 13.1. The molecule has 21 heavy (non-hydrogen) atoms. The highest BCUT2D eigenvalue weighted by Gasteiger charge is 2.24. The van der Waals surface area contributed by atoms with Crippen LogP contribution in [-0.4, -0.2) is 18.6 Å². The summed E-state index contributed by atoms with van der Waals surface area (Å²) in [5.74, 6) is 0.151. The summed E-state index contributed by atoms with van der Waals surface area (Å²) in [7, 11) is 0. The minimum Gasteiger partial charge on any atom is -0.488 e. The number of fused-ring (bicyclic) bond motifs is 1. The largest absolute Gasteiger partial charge is 0.488 e. The van der Waals surface area contributed by atoms with E-state index in [1.54, 1.807) is 30.3 Å². The van der Waals surface area contributed by atoms with Gasteiger partial charge >= 0.3 is 0 Å². The van der Waals surface area contributed by atoms with Gasteiger partial charge < -0.3 is 10.1 Å². The Bertz CT molecular complexity index is 690. The molecule has 1 aliphatic rings. The van der Waals surface area contributed by atoms with Crippen LogP contribution in [0, 0.1) is 5.82 Å². The number of amides is 1. The van der Waals surface area contributed by atoms with Crippen LogP contribution in [0.4, 0.5) is 4.39 Å². The summed E-state index contributed by atoms with van der Waals surface area (Å²) in [4.78, 5) is 12.0. The molecule has 3 nitrogen and oxygen atoms in total.